The van der Waals surface area contributed by atoms with E-state index in [2.05, 4.69) is 15.0 Å². The monoisotopic (exact) mass is 308 g/mol. The van der Waals surface area contributed by atoms with E-state index in [1.165, 1.54) is 30.6 Å². The highest BCUT2D eigenvalue weighted by Crippen LogP contribution is 2.23. The van der Waals surface area contributed by atoms with Crippen molar-refractivity contribution in [3.05, 3.63) is 46.2 Å². The number of nitrogens with one attached hydrogen (secondary N) is 1. The number of aromatic nitrogens is 1. The first kappa shape index (κ1) is 15.4. The summed E-state index contributed by atoms with van der Waals surface area (Å²) in [6.07, 6.45) is 0.743. The first-order valence-corrected chi connectivity index (χ1v) is 7.38. The lowest BCUT2D eigenvalue weighted by atomic mass is 10.1. The van der Waals surface area contributed by atoms with Gasteiger partial charge in [0, 0.05) is 10.9 Å². The highest BCUT2D eigenvalue weighted by atomic mass is 32.1. The minimum absolute atomic E-state index is 0.117. The van der Waals surface area contributed by atoms with Crippen LogP contribution in [-0.4, -0.2) is 24.1 Å². The summed E-state index contributed by atoms with van der Waals surface area (Å²) in [6.45, 7) is 3.84. The second-order valence-corrected chi connectivity index (χ2v) is 5.99. The van der Waals surface area contributed by atoms with Crippen LogP contribution in [-0.2, 0) is 11.2 Å². The van der Waals surface area contributed by atoms with E-state index in [4.69, 9.17) is 0 Å². The lowest BCUT2D eigenvalue weighted by Gasteiger charge is -2.12. The summed E-state index contributed by atoms with van der Waals surface area (Å²) in [4.78, 5) is 16.6. The van der Waals surface area contributed by atoms with Gasteiger partial charge in [-0.05, 0) is 38.0 Å². The molecule has 1 aromatic carbocycles. The predicted octanol–water partition coefficient (Wildman–Crippen LogP) is 3.42. The summed E-state index contributed by atoms with van der Waals surface area (Å²) < 4.78 is 17.5. The Morgan fingerprint density at radius 3 is 2.71 bits per heavy atom. The molecule has 6 heteroatoms. The highest BCUT2D eigenvalue weighted by Gasteiger charge is 2.16. The molecule has 0 saturated heterocycles. The predicted molar refractivity (Wildman–Crippen MR) is 81.4 cm³/mol. The Morgan fingerprint density at radius 1 is 1.43 bits per heavy atom. The molecule has 21 heavy (non-hydrogen) atoms. The van der Waals surface area contributed by atoms with E-state index < -0.39 is 5.97 Å². The van der Waals surface area contributed by atoms with Gasteiger partial charge in [-0.15, -0.1) is 11.3 Å². The first-order chi connectivity index (χ1) is 9.99. The number of halogens is 1. The zero-order valence-corrected chi connectivity index (χ0v) is 13.0. The van der Waals surface area contributed by atoms with Crippen LogP contribution in [0.3, 0.4) is 0 Å². The van der Waals surface area contributed by atoms with Crippen molar-refractivity contribution in [1.82, 2.24) is 4.98 Å². The SMILES string of the molecule is COC(=O)c1nc(NC(C)Cc2ccc(F)cc2)sc1C. The van der Waals surface area contributed by atoms with Gasteiger partial charge in [-0.25, -0.2) is 14.2 Å². The van der Waals surface area contributed by atoms with Crippen molar-refractivity contribution in [1.29, 1.82) is 0 Å². The highest BCUT2D eigenvalue weighted by molar-refractivity contribution is 7.15. The van der Waals surface area contributed by atoms with E-state index in [0.717, 1.165) is 16.9 Å². The maximum Gasteiger partial charge on any atom is 0.357 e. The fourth-order valence-corrected chi connectivity index (χ4v) is 2.89. The van der Waals surface area contributed by atoms with Crippen LogP contribution in [0, 0.1) is 12.7 Å². The van der Waals surface area contributed by atoms with Crippen molar-refractivity contribution >= 4 is 22.4 Å². The molecule has 1 atom stereocenters. The molecule has 2 aromatic rings. The van der Waals surface area contributed by atoms with Crippen LogP contribution in [0.15, 0.2) is 24.3 Å². The van der Waals surface area contributed by atoms with Crippen molar-refractivity contribution < 1.29 is 13.9 Å². The second-order valence-electron chi connectivity index (χ2n) is 4.79. The Kier molecular flexibility index (Phi) is 4.90. The van der Waals surface area contributed by atoms with Gasteiger partial charge in [0.15, 0.2) is 10.8 Å². The molecule has 1 unspecified atom stereocenters. The minimum atomic E-state index is -0.428. The number of esters is 1. The normalized spacial score (nSPS) is 12.0. The van der Waals surface area contributed by atoms with E-state index in [1.807, 2.05) is 13.8 Å². The van der Waals surface area contributed by atoms with E-state index in [1.54, 1.807) is 12.1 Å². The molecule has 1 aromatic heterocycles. The summed E-state index contributed by atoms with van der Waals surface area (Å²) >= 11 is 1.42. The number of aryl methyl sites for hydroxylation is 1. The van der Waals surface area contributed by atoms with Crippen LogP contribution in [0.25, 0.3) is 0 Å². The number of nitrogens with zero attached hydrogens (tertiary/aromatic N) is 1. The van der Waals surface area contributed by atoms with Gasteiger partial charge >= 0.3 is 5.97 Å². The van der Waals surface area contributed by atoms with E-state index in [-0.39, 0.29) is 11.9 Å². The minimum Gasteiger partial charge on any atom is -0.464 e. The molecule has 0 aliphatic heterocycles. The van der Waals surface area contributed by atoms with Gasteiger partial charge in [-0.1, -0.05) is 12.1 Å². The van der Waals surface area contributed by atoms with Crippen molar-refractivity contribution in [2.45, 2.75) is 26.3 Å². The Labute approximate surface area is 127 Å². The topological polar surface area (TPSA) is 51.2 Å². The van der Waals surface area contributed by atoms with Gasteiger partial charge < -0.3 is 10.1 Å². The molecule has 0 saturated carbocycles. The third-order valence-corrected chi connectivity index (χ3v) is 3.90. The molecular weight excluding hydrogens is 291 g/mol. The van der Waals surface area contributed by atoms with Crippen molar-refractivity contribution in [2.24, 2.45) is 0 Å². The Morgan fingerprint density at radius 2 is 2.10 bits per heavy atom. The third kappa shape index (κ3) is 4.01. The number of carbonyl (C=O) groups excluding carboxylic acids is 1. The molecule has 0 spiro atoms. The number of carbonyl (C=O) groups is 1. The summed E-state index contributed by atoms with van der Waals surface area (Å²) in [7, 11) is 1.34. The smallest absolute Gasteiger partial charge is 0.357 e. The van der Waals surface area contributed by atoms with E-state index in [0.29, 0.717) is 10.8 Å². The molecule has 2 rings (SSSR count). The molecule has 0 aliphatic carbocycles. The average molecular weight is 308 g/mol. The van der Waals surface area contributed by atoms with Gasteiger partial charge in [-0.2, -0.15) is 0 Å². The molecule has 0 fully saturated rings. The number of anilines is 1. The number of hydrogen-bond donors (Lipinski definition) is 1. The molecule has 0 bridgehead atoms. The Bertz CT molecular complexity index is 625. The summed E-state index contributed by atoms with van der Waals surface area (Å²) in [5.74, 6) is -0.666. The van der Waals surface area contributed by atoms with Crippen LogP contribution in [0.4, 0.5) is 9.52 Å². The van der Waals surface area contributed by atoms with E-state index >= 15 is 0 Å². The van der Waals surface area contributed by atoms with Crippen LogP contribution in [0.2, 0.25) is 0 Å². The summed E-state index contributed by atoms with van der Waals surface area (Å²) in [5.41, 5.74) is 1.39. The molecule has 0 radical (unpaired) electrons. The molecule has 1 heterocycles. The number of benzene rings is 1. The molecular formula is C15H17FN2O2S. The standard InChI is InChI=1S/C15H17FN2O2S/c1-9(8-11-4-6-12(16)7-5-11)17-15-18-13(10(2)21-15)14(19)20-3/h4-7,9H,8H2,1-3H3,(H,17,18). The lowest BCUT2D eigenvalue weighted by molar-refractivity contribution is 0.0594. The van der Waals surface area contributed by atoms with Gasteiger partial charge in [0.25, 0.3) is 0 Å². The van der Waals surface area contributed by atoms with E-state index in [9.17, 15) is 9.18 Å². The van der Waals surface area contributed by atoms with Gasteiger partial charge in [0.05, 0.1) is 7.11 Å². The molecule has 4 nitrogen and oxygen atoms in total. The van der Waals surface area contributed by atoms with Crippen LogP contribution < -0.4 is 5.32 Å². The molecule has 112 valence electrons. The third-order valence-electron chi connectivity index (χ3n) is 3.00. The molecule has 0 aliphatic rings. The molecule has 0 amide bonds. The van der Waals surface area contributed by atoms with Gasteiger partial charge in [0.1, 0.15) is 5.82 Å². The number of methoxy groups -OCH3 is 1. The van der Waals surface area contributed by atoms with Crippen molar-refractivity contribution in [2.75, 3.05) is 12.4 Å². The second kappa shape index (κ2) is 6.67. The fraction of sp³-hybridized carbons (Fsp3) is 0.333. The lowest BCUT2D eigenvalue weighted by Crippen LogP contribution is -2.18. The number of hydrogen-bond acceptors (Lipinski definition) is 5. The number of thiazole rings is 1. The quantitative estimate of drug-likeness (QED) is 0.860. The number of ether oxygens (including phenoxy) is 1. The van der Waals surface area contributed by atoms with Crippen LogP contribution in [0.5, 0.6) is 0 Å². The summed E-state index contributed by atoms with van der Waals surface area (Å²) in [5, 5.41) is 3.93. The molecule has 1 N–H and O–H groups in total. The van der Waals surface area contributed by atoms with Gasteiger partial charge in [0.2, 0.25) is 0 Å². The largest absolute Gasteiger partial charge is 0.464 e. The fourth-order valence-electron chi connectivity index (χ4n) is 1.98. The van der Waals surface area contributed by atoms with Gasteiger partial charge in [-0.3, -0.25) is 0 Å². The Hall–Kier alpha value is -1.95. The first-order valence-electron chi connectivity index (χ1n) is 6.56. The zero-order valence-electron chi connectivity index (χ0n) is 12.1. The van der Waals surface area contributed by atoms with Crippen molar-refractivity contribution in [3.8, 4) is 0 Å². The Balaban J connectivity index is 2.01. The van der Waals surface area contributed by atoms with Crippen LogP contribution >= 0.6 is 11.3 Å². The van der Waals surface area contributed by atoms with Crippen molar-refractivity contribution in [3.63, 3.8) is 0 Å². The maximum absolute atomic E-state index is 12.9. The maximum atomic E-state index is 12.9. The zero-order chi connectivity index (χ0) is 15.4. The summed E-state index contributed by atoms with van der Waals surface area (Å²) in [6, 6.07) is 6.54. The van der Waals surface area contributed by atoms with Crippen LogP contribution in [0.1, 0.15) is 27.9 Å². The average Bonchev–Trinajstić information content (AvgIpc) is 2.81. The number of rotatable bonds is 5.